The summed E-state index contributed by atoms with van der Waals surface area (Å²) < 4.78 is 5.33. The standard InChI is InChI=1S/C19H30O3/c1-4-6-8-9-14-22-19(21)15(3)17-13-10-12-16(18(17)20)11-7-5-2/h10,12-13,15,20H,4-9,11,14H2,1-3H3. The number of carbonyl (C=O) groups excluding carboxylic acids is 1. The minimum Gasteiger partial charge on any atom is -0.507 e. The lowest BCUT2D eigenvalue weighted by Gasteiger charge is -2.15. The van der Waals surface area contributed by atoms with E-state index in [0.717, 1.165) is 37.7 Å². The van der Waals surface area contributed by atoms with Gasteiger partial charge in [0, 0.05) is 5.56 Å². The van der Waals surface area contributed by atoms with E-state index in [1.807, 2.05) is 18.2 Å². The van der Waals surface area contributed by atoms with Gasteiger partial charge in [-0.25, -0.2) is 0 Å². The maximum Gasteiger partial charge on any atom is 0.313 e. The summed E-state index contributed by atoms with van der Waals surface area (Å²) in [6.45, 7) is 6.55. The molecule has 1 aromatic rings. The molecule has 22 heavy (non-hydrogen) atoms. The van der Waals surface area contributed by atoms with E-state index < -0.39 is 5.92 Å². The Kier molecular flexibility index (Phi) is 8.64. The smallest absolute Gasteiger partial charge is 0.313 e. The molecule has 3 nitrogen and oxygen atoms in total. The third-order valence-corrected chi connectivity index (χ3v) is 4.01. The highest BCUT2D eigenvalue weighted by molar-refractivity contribution is 5.78. The fourth-order valence-corrected chi connectivity index (χ4v) is 2.48. The average Bonchev–Trinajstić information content (AvgIpc) is 2.53. The molecule has 0 radical (unpaired) electrons. The number of hydrogen-bond donors (Lipinski definition) is 1. The summed E-state index contributed by atoms with van der Waals surface area (Å²) in [5, 5.41) is 10.4. The number of phenols is 1. The van der Waals surface area contributed by atoms with Crippen molar-refractivity contribution in [1.82, 2.24) is 0 Å². The quantitative estimate of drug-likeness (QED) is 0.491. The van der Waals surface area contributed by atoms with Crippen LogP contribution in [0.5, 0.6) is 5.75 Å². The molecule has 0 bridgehead atoms. The van der Waals surface area contributed by atoms with E-state index in [4.69, 9.17) is 4.74 Å². The second kappa shape index (κ2) is 10.3. The van der Waals surface area contributed by atoms with E-state index in [9.17, 15) is 9.90 Å². The van der Waals surface area contributed by atoms with Crippen molar-refractivity contribution >= 4 is 5.97 Å². The Morgan fingerprint density at radius 2 is 1.86 bits per heavy atom. The van der Waals surface area contributed by atoms with E-state index in [2.05, 4.69) is 13.8 Å². The number of hydrogen-bond acceptors (Lipinski definition) is 3. The SMILES string of the molecule is CCCCCCOC(=O)C(C)c1cccc(CCCC)c1O. The van der Waals surface area contributed by atoms with Gasteiger partial charge in [0.05, 0.1) is 12.5 Å². The number of ether oxygens (including phenoxy) is 1. The third-order valence-electron chi connectivity index (χ3n) is 4.01. The highest BCUT2D eigenvalue weighted by Gasteiger charge is 2.21. The van der Waals surface area contributed by atoms with E-state index in [-0.39, 0.29) is 11.7 Å². The van der Waals surface area contributed by atoms with E-state index in [0.29, 0.717) is 12.2 Å². The molecule has 0 aliphatic rings. The van der Waals surface area contributed by atoms with Crippen LogP contribution in [0.2, 0.25) is 0 Å². The van der Waals surface area contributed by atoms with Crippen molar-refractivity contribution in [2.75, 3.05) is 6.61 Å². The van der Waals surface area contributed by atoms with Crippen LogP contribution >= 0.6 is 0 Å². The van der Waals surface area contributed by atoms with E-state index in [1.165, 1.54) is 12.8 Å². The van der Waals surface area contributed by atoms with Crippen molar-refractivity contribution in [3.8, 4) is 5.75 Å². The van der Waals surface area contributed by atoms with Crippen LogP contribution in [0, 0.1) is 0 Å². The largest absolute Gasteiger partial charge is 0.507 e. The fraction of sp³-hybridized carbons (Fsp3) is 0.632. The lowest BCUT2D eigenvalue weighted by molar-refractivity contribution is -0.145. The number of aromatic hydroxyl groups is 1. The lowest BCUT2D eigenvalue weighted by Crippen LogP contribution is -2.14. The van der Waals surface area contributed by atoms with Gasteiger partial charge in [0.15, 0.2) is 0 Å². The second-order valence-electron chi connectivity index (χ2n) is 5.91. The van der Waals surface area contributed by atoms with Gasteiger partial charge >= 0.3 is 5.97 Å². The topological polar surface area (TPSA) is 46.5 Å². The van der Waals surface area contributed by atoms with Gasteiger partial charge in [-0.05, 0) is 31.7 Å². The Balaban J connectivity index is 2.60. The van der Waals surface area contributed by atoms with Crippen LogP contribution in [-0.2, 0) is 16.0 Å². The highest BCUT2D eigenvalue weighted by atomic mass is 16.5. The fourth-order valence-electron chi connectivity index (χ4n) is 2.48. The molecule has 0 heterocycles. The van der Waals surface area contributed by atoms with Crippen molar-refractivity contribution in [1.29, 1.82) is 0 Å². The number of benzene rings is 1. The van der Waals surface area contributed by atoms with Crippen molar-refractivity contribution in [3.05, 3.63) is 29.3 Å². The predicted octanol–water partition coefficient (Wildman–Crippen LogP) is 4.96. The van der Waals surface area contributed by atoms with Crippen molar-refractivity contribution in [2.24, 2.45) is 0 Å². The maximum atomic E-state index is 12.1. The number of rotatable bonds is 10. The first-order valence-corrected chi connectivity index (χ1v) is 8.59. The molecule has 0 amide bonds. The molecule has 0 spiro atoms. The van der Waals surface area contributed by atoms with Crippen LogP contribution in [-0.4, -0.2) is 17.7 Å². The van der Waals surface area contributed by atoms with Crippen LogP contribution in [0.15, 0.2) is 18.2 Å². The zero-order chi connectivity index (χ0) is 16.4. The number of phenolic OH excluding ortho intramolecular Hbond substituents is 1. The summed E-state index contributed by atoms with van der Waals surface area (Å²) in [5.74, 6) is -0.418. The van der Waals surface area contributed by atoms with Gasteiger partial charge in [0.1, 0.15) is 5.75 Å². The molecule has 0 aromatic heterocycles. The first-order valence-electron chi connectivity index (χ1n) is 8.59. The van der Waals surface area contributed by atoms with Gasteiger partial charge in [0.2, 0.25) is 0 Å². The van der Waals surface area contributed by atoms with Crippen LogP contribution in [0.1, 0.15) is 76.3 Å². The molecule has 1 rings (SSSR count). The Bertz CT molecular complexity index is 454. The molecule has 3 heteroatoms. The zero-order valence-corrected chi connectivity index (χ0v) is 14.2. The van der Waals surface area contributed by atoms with Crippen molar-refractivity contribution in [3.63, 3.8) is 0 Å². The molecule has 1 atom stereocenters. The summed E-state index contributed by atoms with van der Waals surface area (Å²) >= 11 is 0. The molecule has 1 aromatic carbocycles. The summed E-state index contributed by atoms with van der Waals surface area (Å²) in [6.07, 6.45) is 7.31. The Hall–Kier alpha value is -1.51. The Morgan fingerprint density at radius 1 is 1.14 bits per heavy atom. The summed E-state index contributed by atoms with van der Waals surface area (Å²) in [5.41, 5.74) is 1.59. The Morgan fingerprint density at radius 3 is 2.55 bits per heavy atom. The van der Waals surface area contributed by atoms with Crippen molar-refractivity contribution < 1.29 is 14.6 Å². The molecule has 0 saturated carbocycles. The summed E-state index contributed by atoms with van der Waals surface area (Å²) in [7, 11) is 0. The predicted molar refractivity (Wildman–Crippen MR) is 90.2 cm³/mol. The molecule has 0 aliphatic heterocycles. The zero-order valence-electron chi connectivity index (χ0n) is 14.2. The number of para-hydroxylation sites is 1. The van der Waals surface area contributed by atoms with Gasteiger partial charge < -0.3 is 9.84 Å². The molecule has 0 aliphatic carbocycles. The normalized spacial score (nSPS) is 12.1. The van der Waals surface area contributed by atoms with Gasteiger partial charge in [0.25, 0.3) is 0 Å². The molecule has 0 fully saturated rings. The number of esters is 1. The van der Waals surface area contributed by atoms with Crippen LogP contribution in [0.3, 0.4) is 0 Å². The molecular weight excluding hydrogens is 276 g/mol. The molecule has 0 saturated heterocycles. The minimum atomic E-state index is -0.423. The Labute approximate surface area is 134 Å². The minimum absolute atomic E-state index is 0.251. The van der Waals surface area contributed by atoms with Crippen LogP contribution < -0.4 is 0 Å². The van der Waals surface area contributed by atoms with Gasteiger partial charge in [-0.2, -0.15) is 0 Å². The molecular formula is C19H30O3. The number of unbranched alkanes of at least 4 members (excludes halogenated alkanes) is 4. The van der Waals surface area contributed by atoms with Crippen LogP contribution in [0.25, 0.3) is 0 Å². The van der Waals surface area contributed by atoms with Crippen LogP contribution in [0.4, 0.5) is 0 Å². The average molecular weight is 306 g/mol. The number of carbonyl (C=O) groups is 1. The third kappa shape index (κ3) is 5.70. The lowest BCUT2D eigenvalue weighted by atomic mass is 9.95. The molecule has 1 unspecified atom stereocenters. The van der Waals surface area contributed by atoms with E-state index in [1.54, 1.807) is 6.92 Å². The van der Waals surface area contributed by atoms with Gasteiger partial charge in [-0.3, -0.25) is 4.79 Å². The van der Waals surface area contributed by atoms with E-state index >= 15 is 0 Å². The first-order chi connectivity index (χ1) is 10.6. The summed E-state index contributed by atoms with van der Waals surface area (Å²) in [6, 6.07) is 5.65. The number of aryl methyl sites for hydroxylation is 1. The molecule has 1 N–H and O–H groups in total. The maximum absolute atomic E-state index is 12.1. The van der Waals surface area contributed by atoms with Crippen molar-refractivity contribution in [2.45, 2.75) is 71.6 Å². The molecule has 124 valence electrons. The highest BCUT2D eigenvalue weighted by Crippen LogP contribution is 2.30. The van der Waals surface area contributed by atoms with Gasteiger partial charge in [-0.15, -0.1) is 0 Å². The first kappa shape index (κ1) is 18.5. The van der Waals surface area contributed by atoms with Gasteiger partial charge in [-0.1, -0.05) is 57.7 Å². The monoisotopic (exact) mass is 306 g/mol. The summed E-state index contributed by atoms with van der Waals surface area (Å²) in [4.78, 5) is 12.1. The second-order valence-corrected chi connectivity index (χ2v) is 5.91.